The number of ether oxygens (including phenoxy) is 2. The van der Waals surface area contributed by atoms with E-state index in [1.54, 1.807) is 0 Å². The highest BCUT2D eigenvalue weighted by Gasteiger charge is 2.11. The minimum atomic E-state index is -0.245. The molecule has 0 amide bonds. The van der Waals surface area contributed by atoms with Gasteiger partial charge in [-0.15, -0.1) is 0 Å². The Labute approximate surface area is 151 Å². The Morgan fingerprint density at radius 2 is 2.00 bits per heavy atom. The third-order valence-corrected chi connectivity index (χ3v) is 3.30. The second-order valence-electron chi connectivity index (χ2n) is 6.70. The number of hydrogen-bond acceptors (Lipinski definition) is 3. The van der Waals surface area contributed by atoms with Crippen molar-refractivity contribution in [1.29, 1.82) is 0 Å². The molecular formula is C22H28O3. The van der Waals surface area contributed by atoms with Crippen LogP contribution >= 0.6 is 0 Å². The highest BCUT2D eigenvalue weighted by atomic mass is 16.5. The number of rotatable bonds is 2. The first-order valence-corrected chi connectivity index (χ1v) is 8.46. The first-order valence-electron chi connectivity index (χ1n) is 8.46. The second-order valence-corrected chi connectivity index (χ2v) is 6.70. The summed E-state index contributed by atoms with van der Waals surface area (Å²) in [7, 11) is 1.35. The minimum Gasteiger partial charge on any atom is -0.501 e. The van der Waals surface area contributed by atoms with Gasteiger partial charge in [-0.3, -0.25) is 4.79 Å². The average molecular weight is 340 g/mol. The van der Waals surface area contributed by atoms with E-state index in [9.17, 15) is 4.79 Å². The molecule has 0 bridgehead atoms. The number of allylic oxidation sites excluding steroid dienone is 2. The molecule has 0 saturated heterocycles. The Morgan fingerprint density at radius 1 is 1.32 bits per heavy atom. The fourth-order valence-corrected chi connectivity index (χ4v) is 2.04. The monoisotopic (exact) mass is 340 g/mol. The van der Waals surface area contributed by atoms with Gasteiger partial charge in [-0.2, -0.15) is 0 Å². The molecule has 0 N–H and O–H groups in total. The highest BCUT2D eigenvalue weighted by molar-refractivity contribution is 5.79. The van der Waals surface area contributed by atoms with Crippen LogP contribution in [-0.2, 0) is 14.3 Å². The maximum atomic E-state index is 9.59. The standard InChI is InChI=1S/C19H22O.C3H6O2/c1-5-20-14-17-8-6-7-16-10-9-15(13-18(16)17)11-12-19(2,3)4;1-3(4)5-2/h6-7,9-10,13-14H,5,8H2,1-4H3;1-2H3. The quantitative estimate of drug-likeness (QED) is 0.429. The van der Waals surface area contributed by atoms with Crippen molar-refractivity contribution < 1.29 is 14.3 Å². The molecule has 0 fully saturated rings. The number of carbonyl (C=O) groups is 1. The summed E-state index contributed by atoms with van der Waals surface area (Å²) in [5.41, 5.74) is 4.80. The van der Waals surface area contributed by atoms with E-state index in [0.29, 0.717) is 6.61 Å². The minimum absolute atomic E-state index is 0.0276. The highest BCUT2D eigenvalue weighted by Crippen LogP contribution is 2.29. The number of benzene rings is 1. The summed E-state index contributed by atoms with van der Waals surface area (Å²) in [6, 6.07) is 6.39. The van der Waals surface area contributed by atoms with E-state index in [4.69, 9.17) is 4.74 Å². The predicted molar refractivity (Wildman–Crippen MR) is 104 cm³/mol. The lowest BCUT2D eigenvalue weighted by Crippen LogP contribution is -2.00. The van der Waals surface area contributed by atoms with Gasteiger partial charge in [-0.25, -0.2) is 0 Å². The lowest BCUT2D eigenvalue weighted by atomic mass is 9.91. The first kappa shape index (κ1) is 20.6. The summed E-state index contributed by atoms with van der Waals surface area (Å²) in [6.07, 6.45) is 7.14. The molecule has 0 spiro atoms. The van der Waals surface area contributed by atoms with E-state index < -0.39 is 0 Å². The fraction of sp³-hybridized carbons (Fsp3) is 0.409. The van der Waals surface area contributed by atoms with Gasteiger partial charge in [0, 0.05) is 17.9 Å². The fourth-order valence-electron chi connectivity index (χ4n) is 2.04. The number of fused-ring (bicyclic) bond motifs is 1. The Balaban J connectivity index is 0.000000550. The molecule has 1 aliphatic carbocycles. The van der Waals surface area contributed by atoms with Crippen LogP contribution in [0.25, 0.3) is 11.6 Å². The van der Waals surface area contributed by atoms with Crippen LogP contribution in [0.3, 0.4) is 0 Å². The summed E-state index contributed by atoms with van der Waals surface area (Å²) >= 11 is 0. The van der Waals surface area contributed by atoms with Gasteiger partial charge in [-0.05, 0) is 62.9 Å². The van der Waals surface area contributed by atoms with Gasteiger partial charge >= 0.3 is 5.97 Å². The molecule has 1 aromatic carbocycles. The second kappa shape index (κ2) is 9.74. The van der Waals surface area contributed by atoms with Crippen molar-refractivity contribution in [2.75, 3.05) is 13.7 Å². The van der Waals surface area contributed by atoms with Gasteiger partial charge in [-0.1, -0.05) is 30.1 Å². The normalized spacial score (nSPS) is 13.8. The van der Waals surface area contributed by atoms with E-state index in [-0.39, 0.29) is 11.4 Å². The molecule has 0 heterocycles. The van der Waals surface area contributed by atoms with Crippen LogP contribution in [0.1, 0.15) is 57.7 Å². The average Bonchev–Trinajstić information content (AvgIpc) is 2.57. The Hall–Kier alpha value is -2.47. The van der Waals surface area contributed by atoms with Crippen molar-refractivity contribution in [3.8, 4) is 11.8 Å². The number of esters is 1. The Kier molecular flexibility index (Phi) is 8.01. The first-order chi connectivity index (χ1) is 11.8. The lowest BCUT2D eigenvalue weighted by Gasteiger charge is -2.14. The molecule has 0 unspecified atom stereocenters. The molecule has 1 aromatic rings. The van der Waals surface area contributed by atoms with Crippen LogP contribution in [0.15, 0.2) is 30.5 Å². The van der Waals surface area contributed by atoms with Crippen molar-refractivity contribution in [2.45, 2.75) is 41.0 Å². The smallest absolute Gasteiger partial charge is 0.302 e. The van der Waals surface area contributed by atoms with Crippen molar-refractivity contribution in [3.05, 3.63) is 47.2 Å². The summed E-state index contributed by atoms with van der Waals surface area (Å²) < 4.78 is 9.56. The number of methoxy groups -OCH3 is 1. The third-order valence-electron chi connectivity index (χ3n) is 3.30. The molecule has 0 aromatic heterocycles. The Morgan fingerprint density at radius 3 is 2.56 bits per heavy atom. The molecule has 3 nitrogen and oxygen atoms in total. The predicted octanol–water partition coefficient (Wildman–Crippen LogP) is 5.06. The van der Waals surface area contributed by atoms with Crippen molar-refractivity contribution in [3.63, 3.8) is 0 Å². The van der Waals surface area contributed by atoms with Gasteiger partial charge in [0.05, 0.1) is 20.0 Å². The summed E-state index contributed by atoms with van der Waals surface area (Å²) in [5, 5.41) is 0. The molecule has 2 rings (SSSR count). The number of hydrogen-bond donors (Lipinski definition) is 0. The number of carbonyl (C=O) groups excluding carboxylic acids is 1. The molecule has 0 radical (unpaired) electrons. The molecular weight excluding hydrogens is 312 g/mol. The van der Waals surface area contributed by atoms with Gasteiger partial charge < -0.3 is 9.47 Å². The van der Waals surface area contributed by atoms with E-state index in [1.165, 1.54) is 30.7 Å². The maximum absolute atomic E-state index is 9.59. The summed E-state index contributed by atoms with van der Waals surface area (Å²) in [4.78, 5) is 9.59. The third kappa shape index (κ3) is 7.76. The Bertz CT molecular complexity index is 707. The largest absolute Gasteiger partial charge is 0.501 e. The van der Waals surface area contributed by atoms with Crippen molar-refractivity contribution in [1.82, 2.24) is 0 Å². The zero-order valence-corrected chi connectivity index (χ0v) is 16.1. The molecule has 0 atom stereocenters. The molecule has 0 saturated carbocycles. The van der Waals surface area contributed by atoms with Crippen molar-refractivity contribution in [2.24, 2.45) is 5.41 Å². The topological polar surface area (TPSA) is 35.5 Å². The van der Waals surface area contributed by atoms with Crippen LogP contribution in [0.2, 0.25) is 0 Å². The van der Waals surface area contributed by atoms with E-state index >= 15 is 0 Å². The van der Waals surface area contributed by atoms with Crippen LogP contribution in [0.4, 0.5) is 0 Å². The van der Waals surface area contributed by atoms with Crippen LogP contribution in [-0.4, -0.2) is 19.7 Å². The molecule has 25 heavy (non-hydrogen) atoms. The van der Waals surface area contributed by atoms with Crippen LogP contribution in [0.5, 0.6) is 0 Å². The summed E-state index contributed by atoms with van der Waals surface area (Å²) in [5.74, 6) is 6.31. The molecule has 134 valence electrons. The van der Waals surface area contributed by atoms with E-state index in [2.05, 4.69) is 67.7 Å². The summed E-state index contributed by atoms with van der Waals surface area (Å²) in [6.45, 7) is 10.4. The maximum Gasteiger partial charge on any atom is 0.302 e. The molecule has 0 aliphatic heterocycles. The van der Waals surface area contributed by atoms with Crippen LogP contribution in [0, 0.1) is 17.3 Å². The van der Waals surface area contributed by atoms with Gasteiger partial charge in [0.15, 0.2) is 0 Å². The van der Waals surface area contributed by atoms with Gasteiger partial charge in [0.1, 0.15) is 0 Å². The SMILES string of the molecule is CCOC=C1CC=Cc2ccc(C#CC(C)(C)C)cc21.COC(C)=O. The van der Waals surface area contributed by atoms with Crippen molar-refractivity contribution >= 4 is 17.6 Å². The van der Waals surface area contributed by atoms with Gasteiger partial charge in [0.25, 0.3) is 0 Å². The zero-order chi connectivity index (χ0) is 18.9. The van der Waals surface area contributed by atoms with E-state index in [0.717, 1.165) is 12.0 Å². The molecule has 3 heteroatoms. The van der Waals surface area contributed by atoms with E-state index in [1.807, 2.05) is 13.2 Å². The molecule has 1 aliphatic rings. The van der Waals surface area contributed by atoms with Gasteiger partial charge in [0.2, 0.25) is 0 Å². The zero-order valence-electron chi connectivity index (χ0n) is 16.1. The lowest BCUT2D eigenvalue weighted by molar-refractivity contribution is -0.137. The van der Waals surface area contributed by atoms with Crippen LogP contribution < -0.4 is 0 Å².